The van der Waals surface area contributed by atoms with E-state index in [1.807, 2.05) is 5.38 Å². The van der Waals surface area contributed by atoms with Crippen molar-refractivity contribution in [2.24, 2.45) is 0 Å². The van der Waals surface area contributed by atoms with Gasteiger partial charge in [-0.05, 0) is 35.0 Å². The number of aryl methyl sites for hydroxylation is 1. The van der Waals surface area contributed by atoms with Crippen LogP contribution in [0.1, 0.15) is 18.2 Å². The summed E-state index contributed by atoms with van der Waals surface area (Å²) < 4.78 is 1.10. The van der Waals surface area contributed by atoms with Gasteiger partial charge >= 0.3 is 0 Å². The standard InChI is InChI=1S/C11H17BrN2OS.ClH/c1-2-13-5-6-14-11(15)4-3-10-7-9(12)8-16-10;/h7-8,13H,2-6H2,1H3,(H,14,15);1H. The summed E-state index contributed by atoms with van der Waals surface area (Å²) >= 11 is 5.08. The number of carbonyl (C=O) groups excluding carboxylic acids is 1. The molecule has 0 bridgehead atoms. The summed E-state index contributed by atoms with van der Waals surface area (Å²) in [4.78, 5) is 12.7. The molecule has 0 saturated heterocycles. The third kappa shape index (κ3) is 7.76. The van der Waals surface area contributed by atoms with E-state index in [1.54, 1.807) is 11.3 Å². The average Bonchev–Trinajstić information content (AvgIpc) is 2.68. The number of likely N-dealkylation sites (N-methyl/N-ethyl adjacent to an activating group) is 1. The van der Waals surface area contributed by atoms with Gasteiger partial charge in [0, 0.05) is 34.2 Å². The minimum absolute atomic E-state index is 0. The van der Waals surface area contributed by atoms with Crippen molar-refractivity contribution in [3.63, 3.8) is 0 Å². The van der Waals surface area contributed by atoms with Crippen molar-refractivity contribution in [3.8, 4) is 0 Å². The number of rotatable bonds is 7. The number of nitrogens with one attached hydrogen (secondary N) is 2. The van der Waals surface area contributed by atoms with Crippen LogP contribution in [0.25, 0.3) is 0 Å². The second-order valence-corrected chi connectivity index (χ2v) is 5.35. The van der Waals surface area contributed by atoms with E-state index >= 15 is 0 Å². The second-order valence-electron chi connectivity index (χ2n) is 3.43. The molecule has 1 amide bonds. The molecule has 0 unspecified atom stereocenters. The van der Waals surface area contributed by atoms with Crippen LogP contribution in [-0.2, 0) is 11.2 Å². The van der Waals surface area contributed by atoms with Crippen molar-refractivity contribution in [1.29, 1.82) is 0 Å². The summed E-state index contributed by atoms with van der Waals surface area (Å²) in [6, 6.07) is 2.07. The molecule has 0 aliphatic heterocycles. The van der Waals surface area contributed by atoms with Gasteiger partial charge in [0.15, 0.2) is 0 Å². The number of halogens is 2. The third-order valence-electron chi connectivity index (χ3n) is 2.09. The Bertz CT molecular complexity index is 333. The number of hydrogen-bond donors (Lipinski definition) is 2. The Morgan fingerprint density at radius 3 is 2.82 bits per heavy atom. The molecular formula is C11H18BrClN2OS. The van der Waals surface area contributed by atoms with Crippen LogP contribution in [0, 0.1) is 0 Å². The third-order valence-corrected chi connectivity index (χ3v) is 3.85. The molecule has 0 radical (unpaired) electrons. The highest BCUT2D eigenvalue weighted by molar-refractivity contribution is 9.10. The molecule has 0 aromatic carbocycles. The molecule has 0 saturated carbocycles. The normalized spacial score (nSPS) is 9.76. The zero-order valence-electron chi connectivity index (χ0n) is 9.79. The molecule has 17 heavy (non-hydrogen) atoms. The predicted molar refractivity (Wildman–Crippen MR) is 79.1 cm³/mol. The maximum atomic E-state index is 11.4. The maximum absolute atomic E-state index is 11.4. The van der Waals surface area contributed by atoms with Gasteiger partial charge < -0.3 is 10.6 Å². The molecule has 1 rings (SSSR count). The van der Waals surface area contributed by atoms with Crippen LogP contribution in [0.15, 0.2) is 15.9 Å². The molecule has 0 fully saturated rings. The highest BCUT2D eigenvalue weighted by Crippen LogP contribution is 2.20. The van der Waals surface area contributed by atoms with E-state index in [0.29, 0.717) is 13.0 Å². The lowest BCUT2D eigenvalue weighted by molar-refractivity contribution is -0.121. The highest BCUT2D eigenvalue weighted by Gasteiger charge is 2.03. The fraction of sp³-hybridized carbons (Fsp3) is 0.545. The van der Waals surface area contributed by atoms with E-state index < -0.39 is 0 Å². The SMILES string of the molecule is CCNCCNC(=O)CCc1cc(Br)cs1.Cl. The van der Waals surface area contributed by atoms with Crippen LogP contribution in [0.5, 0.6) is 0 Å². The van der Waals surface area contributed by atoms with E-state index in [2.05, 4.69) is 39.6 Å². The van der Waals surface area contributed by atoms with Gasteiger partial charge in [0.2, 0.25) is 5.91 Å². The summed E-state index contributed by atoms with van der Waals surface area (Å²) in [7, 11) is 0. The lowest BCUT2D eigenvalue weighted by atomic mass is 10.2. The Morgan fingerprint density at radius 2 is 2.24 bits per heavy atom. The first-order chi connectivity index (χ1) is 7.72. The van der Waals surface area contributed by atoms with Crippen molar-refractivity contribution < 1.29 is 4.79 Å². The topological polar surface area (TPSA) is 41.1 Å². The molecule has 0 aliphatic carbocycles. The molecule has 0 atom stereocenters. The summed E-state index contributed by atoms with van der Waals surface area (Å²) in [6.07, 6.45) is 1.39. The first kappa shape index (κ1) is 16.9. The number of hydrogen-bond acceptors (Lipinski definition) is 3. The van der Waals surface area contributed by atoms with Crippen molar-refractivity contribution in [3.05, 3.63) is 20.8 Å². The van der Waals surface area contributed by atoms with E-state index in [4.69, 9.17) is 0 Å². The van der Waals surface area contributed by atoms with E-state index in [9.17, 15) is 4.79 Å². The number of amides is 1. The van der Waals surface area contributed by atoms with E-state index in [-0.39, 0.29) is 18.3 Å². The van der Waals surface area contributed by atoms with E-state index in [1.165, 1.54) is 4.88 Å². The number of carbonyl (C=O) groups is 1. The van der Waals surface area contributed by atoms with Crippen LogP contribution in [-0.4, -0.2) is 25.5 Å². The Hall–Kier alpha value is -0.100. The lowest BCUT2D eigenvalue weighted by Gasteiger charge is -2.04. The molecule has 1 aromatic heterocycles. The van der Waals surface area contributed by atoms with Crippen LogP contribution in [0.3, 0.4) is 0 Å². The van der Waals surface area contributed by atoms with Gasteiger partial charge in [-0.25, -0.2) is 0 Å². The molecule has 98 valence electrons. The largest absolute Gasteiger partial charge is 0.355 e. The van der Waals surface area contributed by atoms with Crippen LogP contribution >= 0.6 is 39.7 Å². The molecule has 2 N–H and O–H groups in total. The first-order valence-corrected chi connectivity index (χ1v) is 7.10. The summed E-state index contributed by atoms with van der Waals surface area (Å²) in [6.45, 7) is 4.54. The summed E-state index contributed by atoms with van der Waals surface area (Å²) in [5.74, 6) is 0.127. The van der Waals surface area contributed by atoms with Crippen molar-refractivity contribution >= 4 is 45.6 Å². The molecule has 1 aromatic rings. The number of thiophene rings is 1. The van der Waals surface area contributed by atoms with Gasteiger partial charge in [-0.1, -0.05) is 6.92 Å². The van der Waals surface area contributed by atoms with Crippen molar-refractivity contribution in [2.45, 2.75) is 19.8 Å². The molecule has 3 nitrogen and oxygen atoms in total. The predicted octanol–water partition coefficient (Wildman–Crippen LogP) is 2.59. The molecule has 1 heterocycles. The molecule has 6 heteroatoms. The summed E-state index contributed by atoms with van der Waals surface area (Å²) in [5.41, 5.74) is 0. The smallest absolute Gasteiger partial charge is 0.220 e. The fourth-order valence-corrected chi connectivity index (χ4v) is 2.73. The van der Waals surface area contributed by atoms with Crippen LogP contribution in [0.2, 0.25) is 0 Å². The molecular weight excluding hydrogens is 324 g/mol. The first-order valence-electron chi connectivity index (χ1n) is 5.42. The Kier molecular flexibility index (Phi) is 9.82. The minimum Gasteiger partial charge on any atom is -0.355 e. The molecule has 0 spiro atoms. The van der Waals surface area contributed by atoms with Crippen LogP contribution in [0.4, 0.5) is 0 Å². The average molecular weight is 342 g/mol. The van der Waals surface area contributed by atoms with Gasteiger partial charge in [-0.2, -0.15) is 0 Å². The van der Waals surface area contributed by atoms with Crippen molar-refractivity contribution in [2.75, 3.05) is 19.6 Å². The lowest BCUT2D eigenvalue weighted by Crippen LogP contribution is -2.31. The molecule has 0 aliphatic rings. The van der Waals surface area contributed by atoms with E-state index in [0.717, 1.165) is 24.0 Å². The Labute approximate surface area is 121 Å². The van der Waals surface area contributed by atoms with Crippen molar-refractivity contribution in [1.82, 2.24) is 10.6 Å². The summed E-state index contributed by atoms with van der Waals surface area (Å²) in [5, 5.41) is 8.09. The van der Waals surface area contributed by atoms with Gasteiger partial charge in [0.25, 0.3) is 0 Å². The second kappa shape index (κ2) is 9.88. The van der Waals surface area contributed by atoms with Crippen LogP contribution < -0.4 is 10.6 Å². The van der Waals surface area contributed by atoms with Gasteiger partial charge in [0.05, 0.1) is 0 Å². The Balaban J connectivity index is 0.00000256. The zero-order valence-corrected chi connectivity index (χ0v) is 13.0. The zero-order chi connectivity index (χ0) is 11.8. The van der Waals surface area contributed by atoms with Gasteiger partial charge in [-0.15, -0.1) is 23.7 Å². The maximum Gasteiger partial charge on any atom is 0.220 e. The quantitative estimate of drug-likeness (QED) is 0.749. The minimum atomic E-state index is 0. The monoisotopic (exact) mass is 340 g/mol. The Morgan fingerprint density at radius 1 is 1.47 bits per heavy atom. The van der Waals surface area contributed by atoms with Gasteiger partial charge in [-0.3, -0.25) is 4.79 Å². The highest BCUT2D eigenvalue weighted by atomic mass is 79.9. The fourth-order valence-electron chi connectivity index (χ4n) is 1.28. The van der Waals surface area contributed by atoms with Gasteiger partial charge in [0.1, 0.15) is 0 Å².